The zero-order chi connectivity index (χ0) is 26.7. The lowest BCUT2D eigenvalue weighted by molar-refractivity contribution is 0.0551. The molecule has 8 heteroatoms. The first kappa shape index (κ1) is 26.2. The normalized spacial score (nSPS) is 11.8. The lowest BCUT2D eigenvalue weighted by Gasteiger charge is -2.20. The van der Waals surface area contributed by atoms with Crippen molar-refractivity contribution < 1.29 is 23.8 Å². The third-order valence-electron chi connectivity index (χ3n) is 5.63. The van der Waals surface area contributed by atoms with E-state index in [0.717, 1.165) is 10.9 Å². The zero-order valence-electron chi connectivity index (χ0n) is 22.1. The van der Waals surface area contributed by atoms with E-state index in [1.54, 1.807) is 7.11 Å². The summed E-state index contributed by atoms with van der Waals surface area (Å²) in [5, 5.41) is 4.33. The smallest absolute Gasteiger partial charge is 0.419 e. The topological polar surface area (TPSA) is 91.7 Å². The van der Waals surface area contributed by atoms with Crippen molar-refractivity contribution in [3.8, 4) is 5.75 Å². The summed E-state index contributed by atoms with van der Waals surface area (Å²) in [5.74, 6) is 0.326. The van der Waals surface area contributed by atoms with Crippen LogP contribution in [0.1, 0.15) is 56.2 Å². The number of carbonyl (C=O) groups is 2. The summed E-state index contributed by atoms with van der Waals surface area (Å²) in [4.78, 5) is 30.8. The highest BCUT2D eigenvalue weighted by atomic mass is 16.6. The summed E-state index contributed by atoms with van der Waals surface area (Å²) in [6.45, 7) is 9.75. The largest absolute Gasteiger partial charge is 0.489 e. The Bertz CT molecular complexity index is 1440. The number of methoxy groups -OCH3 is 1. The molecule has 0 bridgehead atoms. The summed E-state index contributed by atoms with van der Waals surface area (Å²) in [7, 11) is 1.56. The van der Waals surface area contributed by atoms with E-state index in [1.165, 1.54) is 10.8 Å². The van der Waals surface area contributed by atoms with Crippen LogP contribution in [0.5, 0.6) is 5.75 Å². The van der Waals surface area contributed by atoms with Gasteiger partial charge in [0.1, 0.15) is 23.7 Å². The van der Waals surface area contributed by atoms with Crippen molar-refractivity contribution in [1.29, 1.82) is 0 Å². The zero-order valence-corrected chi connectivity index (χ0v) is 22.1. The molecule has 4 rings (SSSR count). The van der Waals surface area contributed by atoms with Crippen molar-refractivity contribution in [2.45, 2.75) is 59.5 Å². The Morgan fingerprint density at radius 3 is 2.41 bits per heavy atom. The maximum Gasteiger partial charge on any atom is 0.419 e. The molecule has 0 saturated heterocycles. The molecule has 37 heavy (non-hydrogen) atoms. The fraction of sp³-hybridized carbons (Fsp3) is 0.345. The van der Waals surface area contributed by atoms with Gasteiger partial charge in [-0.15, -0.1) is 0 Å². The van der Waals surface area contributed by atoms with Crippen LogP contribution in [-0.2, 0) is 22.7 Å². The molecule has 0 unspecified atom stereocenters. The minimum atomic E-state index is -0.696. The number of fused-ring (bicyclic) bond motifs is 3. The second-order valence-electron chi connectivity index (χ2n) is 10.2. The molecule has 0 radical (unpaired) electrons. The average molecular weight is 504 g/mol. The molecule has 2 aromatic carbocycles. The van der Waals surface area contributed by atoms with Crippen LogP contribution in [0.15, 0.2) is 54.7 Å². The molecule has 0 fully saturated rings. The molecule has 8 nitrogen and oxygen atoms in total. The van der Waals surface area contributed by atoms with Gasteiger partial charge >= 0.3 is 6.09 Å². The number of benzene rings is 2. The van der Waals surface area contributed by atoms with Gasteiger partial charge in [-0.05, 0) is 58.4 Å². The van der Waals surface area contributed by atoms with Gasteiger partial charge in [-0.1, -0.05) is 30.3 Å². The van der Waals surface area contributed by atoms with E-state index in [4.69, 9.17) is 14.2 Å². The van der Waals surface area contributed by atoms with Crippen LogP contribution in [0.4, 0.5) is 4.79 Å². The van der Waals surface area contributed by atoms with Gasteiger partial charge in [-0.2, -0.15) is 0 Å². The van der Waals surface area contributed by atoms with Gasteiger partial charge in [0.05, 0.1) is 23.8 Å². The average Bonchev–Trinajstić information content (AvgIpc) is 3.16. The van der Waals surface area contributed by atoms with Gasteiger partial charge in [0.2, 0.25) is 0 Å². The lowest BCUT2D eigenvalue weighted by Crippen LogP contribution is -2.31. The number of nitrogens with one attached hydrogen (secondary N) is 1. The molecule has 1 amide bonds. The molecule has 0 atom stereocenters. The summed E-state index contributed by atoms with van der Waals surface area (Å²) in [5.41, 5.74) is 2.33. The molecule has 0 saturated carbocycles. The van der Waals surface area contributed by atoms with Crippen LogP contribution in [0, 0.1) is 0 Å². The Labute approximate surface area is 216 Å². The first-order valence-corrected chi connectivity index (χ1v) is 12.2. The van der Waals surface area contributed by atoms with Crippen LogP contribution in [-0.4, -0.2) is 40.3 Å². The van der Waals surface area contributed by atoms with Crippen LogP contribution in [0.25, 0.3) is 21.8 Å². The van der Waals surface area contributed by atoms with Crippen molar-refractivity contribution >= 4 is 33.8 Å². The Hall–Kier alpha value is -3.91. The molecule has 0 aliphatic carbocycles. The van der Waals surface area contributed by atoms with Gasteiger partial charge in [0, 0.05) is 29.5 Å². The highest BCUT2D eigenvalue weighted by Gasteiger charge is 2.27. The first-order chi connectivity index (χ1) is 17.6. The van der Waals surface area contributed by atoms with Crippen LogP contribution in [0.3, 0.4) is 0 Å². The SMILES string of the molecule is COCc1c(C(=O)NC(C)C)ncc2c1c1cc(OCc3ccccc3)ccc1n2C(=O)OC(C)(C)C. The fourth-order valence-corrected chi connectivity index (χ4v) is 4.20. The molecule has 4 aromatic rings. The third kappa shape index (κ3) is 5.75. The molecular formula is C29H33N3O5. The molecule has 194 valence electrons. The van der Waals surface area contributed by atoms with Gasteiger partial charge < -0.3 is 19.5 Å². The highest BCUT2D eigenvalue weighted by molar-refractivity contribution is 6.16. The number of rotatable bonds is 7. The van der Waals surface area contributed by atoms with E-state index >= 15 is 0 Å². The van der Waals surface area contributed by atoms with E-state index in [2.05, 4.69) is 10.3 Å². The molecule has 0 aliphatic rings. The lowest BCUT2D eigenvalue weighted by atomic mass is 10.0. The van der Waals surface area contributed by atoms with E-state index in [1.807, 2.05) is 83.1 Å². The van der Waals surface area contributed by atoms with Crippen LogP contribution < -0.4 is 10.1 Å². The van der Waals surface area contributed by atoms with Crippen LogP contribution >= 0.6 is 0 Å². The molecule has 0 aliphatic heterocycles. The van der Waals surface area contributed by atoms with Crippen molar-refractivity contribution in [3.05, 3.63) is 71.5 Å². The summed E-state index contributed by atoms with van der Waals surface area (Å²) >= 11 is 0. The van der Waals surface area contributed by atoms with Crippen molar-refractivity contribution in [2.75, 3.05) is 7.11 Å². The highest BCUT2D eigenvalue weighted by Crippen LogP contribution is 2.36. The maximum atomic E-state index is 13.3. The predicted octanol–water partition coefficient (Wildman–Crippen LogP) is 5.84. The number of ether oxygens (including phenoxy) is 3. The second kappa shape index (κ2) is 10.6. The predicted molar refractivity (Wildman–Crippen MR) is 143 cm³/mol. The number of pyridine rings is 1. The number of amides is 1. The number of nitrogens with zero attached hydrogens (tertiary/aromatic N) is 2. The minimum absolute atomic E-state index is 0.0681. The minimum Gasteiger partial charge on any atom is -0.489 e. The molecule has 2 aromatic heterocycles. The number of carbonyl (C=O) groups excluding carboxylic acids is 2. The summed E-state index contributed by atoms with van der Waals surface area (Å²) in [6, 6.07) is 15.3. The van der Waals surface area contributed by atoms with Crippen LogP contribution in [0.2, 0.25) is 0 Å². The quantitative estimate of drug-likeness (QED) is 0.341. The second-order valence-corrected chi connectivity index (χ2v) is 10.2. The molecular weight excluding hydrogens is 470 g/mol. The number of hydrogen-bond donors (Lipinski definition) is 1. The molecule has 1 N–H and O–H groups in total. The molecule has 0 spiro atoms. The van der Waals surface area contributed by atoms with Gasteiger partial charge in [0.15, 0.2) is 0 Å². The van der Waals surface area contributed by atoms with E-state index in [9.17, 15) is 9.59 Å². The van der Waals surface area contributed by atoms with Crippen molar-refractivity contribution in [1.82, 2.24) is 14.9 Å². The van der Waals surface area contributed by atoms with E-state index in [0.29, 0.717) is 34.3 Å². The Morgan fingerprint density at radius 1 is 1.03 bits per heavy atom. The fourth-order valence-electron chi connectivity index (χ4n) is 4.20. The Balaban J connectivity index is 1.93. The van der Waals surface area contributed by atoms with Gasteiger partial charge in [0.25, 0.3) is 5.91 Å². The van der Waals surface area contributed by atoms with Gasteiger partial charge in [-0.3, -0.25) is 4.79 Å². The van der Waals surface area contributed by atoms with Crippen molar-refractivity contribution in [2.24, 2.45) is 0 Å². The molecule has 2 heterocycles. The maximum absolute atomic E-state index is 13.3. The standard InChI is InChI=1S/C29H33N3O5/c1-18(2)31-27(33)26-22(17-35-6)25-21-14-20(36-16-19-10-8-7-9-11-19)12-13-23(21)32(24(25)15-30-26)28(34)37-29(3,4)5/h7-15,18H,16-17H2,1-6H3,(H,31,33). The first-order valence-electron chi connectivity index (χ1n) is 12.2. The monoisotopic (exact) mass is 503 g/mol. The van der Waals surface area contributed by atoms with E-state index < -0.39 is 11.7 Å². The summed E-state index contributed by atoms with van der Waals surface area (Å²) in [6.07, 6.45) is 1.01. The van der Waals surface area contributed by atoms with E-state index in [-0.39, 0.29) is 24.2 Å². The van der Waals surface area contributed by atoms with Gasteiger partial charge in [-0.25, -0.2) is 14.3 Å². The Morgan fingerprint density at radius 2 is 1.76 bits per heavy atom. The number of aromatic nitrogens is 2. The Kier molecular flexibility index (Phi) is 7.50. The number of hydrogen-bond acceptors (Lipinski definition) is 6. The summed E-state index contributed by atoms with van der Waals surface area (Å²) < 4.78 is 18.8. The van der Waals surface area contributed by atoms with Crippen molar-refractivity contribution in [3.63, 3.8) is 0 Å². The third-order valence-corrected chi connectivity index (χ3v) is 5.63.